The smallest absolute Gasteiger partial charge is 0.340 e. The number of carbonyl (C=O) groups is 1. The molecule has 0 saturated carbocycles. The Hall–Kier alpha value is -1.97. The summed E-state index contributed by atoms with van der Waals surface area (Å²) in [6.45, 7) is 2.16. The van der Waals surface area contributed by atoms with Gasteiger partial charge in [-0.15, -0.1) is 0 Å². The van der Waals surface area contributed by atoms with E-state index >= 15 is 0 Å². The molecule has 1 heterocycles. The minimum atomic E-state index is -0.318. The molecule has 1 aromatic heterocycles. The lowest BCUT2D eigenvalue weighted by atomic mass is 10.1. The number of nitrogens with one attached hydrogen (secondary N) is 1. The van der Waals surface area contributed by atoms with E-state index in [1.807, 2.05) is 18.2 Å². The number of ether oxygens (including phenoxy) is 2. The van der Waals surface area contributed by atoms with Crippen LogP contribution in [0.5, 0.6) is 5.75 Å². The predicted molar refractivity (Wildman–Crippen MR) is 60.8 cm³/mol. The topological polar surface area (TPSA) is 51.3 Å². The van der Waals surface area contributed by atoms with Gasteiger partial charge in [0.1, 0.15) is 5.75 Å². The fourth-order valence-electron chi connectivity index (χ4n) is 1.60. The van der Waals surface area contributed by atoms with Gasteiger partial charge in [0.2, 0.25) is 0 Å². The number of hydrogen-bond acceptors (Lipinski definition) is 3. The van der Waals surface area contributed by atoms with Gasteiger partial charge in [0.15, 0.2) is 0 Å². The van der Waals surface area contributed by atoms with Crippen LogP contribution in [0, 0.1) is 0 Å². The molecule has 2 rings (SSSR count). The molecule has 0 aliphatic rings. The van der Waals surface area contributed by atoms with E-state index in [0.29, 0.717) is 12.2 Å². The van der Waals surface area contributed by atoms with Crippen molar-refractivity contribution in [2.45, 2.75) is 6.92 Å². The summed E-state index contributed by atoms with van der Waals surface area (Å²) in [4.78, 5) is 14.7. The zero-order valence-corrected chi connectivity index (χ0v) is 9.24. The first-order valence-electron chi connectivity index (χ1n) is 5.08. The normalized spacial score (nSPS) is 10.4. The zero-order valence-electron chi connectivity index (χ0n) is 9.24. The molecule has 0 amide bonds. The number of fused-ring (bicyclic) bond motifs is 1. The lowest BCUT2D eigenvalue weighted by Gasteiger charge is -2.01. The summed E-state index contributed by atoms with van der Waals surface area (Å²) < 4.78 is 10.1. The molecular weight excluding hydrogens is 206 g/mol. The third-order valence-corrected chi connectivity index (χ3v) is 2.38. The predicted octanol–water partition coefficient (Wildman–Crippen LogP) is 2.35. The average molecular weight is 219 g/mol. The molecule has 2 aromatic rings. The van der Waals surface area contributed by atoms with Crippen molar-refractivity contribution in [2.75, 3.05) is 13.7 Å². The quantitative estimate of drug-likeness (QED) is 0.806. The minimum Gasteiger partial charge on any atom is -0.497 e. The summed E-state index contributed by atoms with van der Waals surface area (Å²) in [6.07, 6.45) is 1.65. The number of rotatable bonds is 3. The number of hydrogen-bond donors (Lipinski definition) is 1. The molecular formula is C12H13NO3. The maximum Gasteiger partial charge on any atom is 0.340 e. The Labute approximate surface area is 93.2 Å². The Balaban J connectivity index is 2.49. The van der Waals surface area contributed by atoms with Crippen molar-refractivity contribution >= 4 is 16.9 Å². The van der Waals surface area contributed by atoms with Crippen molar-refractivity contribution in [3.8, 4) is 5.75 Å². The summed E-state index contributed by atoms with van der Waals surface area (Å²) in [5, 5.41) is 0.817. The Morgan fingerprint density at radius 1 is 1.44 bits per heavy atom. The summed E-state index contributed by atoms with van der Waals surface area (Å²) in [7, 11) is 1.60. The monoisotopic (exact) mass is 219 g/mol. The van der Waals surface area contributed by atoms with Crippen LogP contribution in [0.25, 0.3) is 10.9 Å². The molecule has 0 saturated heterocycles. The van der Waals surface area contributed by atoms with Crippen molar-refractivity contribution in [1.29, 1.82) is 0 Å². The molecule has 0 aliphatic heterocycles. The number of carbonyl (C=O) groups excluding carboxylic acids is 1. The van der Waals surface area contributed by atoms with Gasteiger partial charge in [0.05, 0.1) is 19.3 Å². The van der Waals surface area contributed by atoms with Crippen LogP contribution in [0.15, 0.2) is 24.4 Å². The van der Waals surface area contributed by atoms with Gasteiger partial charge in [0.25, 0.3) is 0 Å². The van der Waals surface area contributed by atoms with E-state index < -0.39 is 0 Å². The summed E-state index contributed by atoms with van der Waals surface area (Å²) in [6, 6.07) is 5.53. The van der Waals surface area contributed by atoms with Crippen molar-refractivity contribution in [2.24, 2.45) is 0 Å². The second-order valence-corrected chi connectivity index (χ2v) is 3.33. The molecule has 0 aliphatic carbocycles. The molecule has 1 N–H and O–H groups in total. The van der Waals surface area contributed by atoms with Crippen LogP contribution in [0.4, 0.5) is 0 Å². The lowest BCUT2D eigenvalue weighted by Crippen LogP contribution is -2.03. The van der Waals surface area contributed by atoms with E-state index in [2.05, 4.69) is 4.98 Å². The largest absolute Gasteiger partial charge is 0.497 e. The number of methoxy groups -OCH3 is 1. The number of aromatic nitrogens is 1. The first-order valence-corrected chi connectivity index (χ1v) is 5.08. The van der Waals surface area contributed by atoms with Gasteiger partial charge in [0, 0.05) is 17.1 Å². The summed E-state index contributed by atoms with van der Waals surface area (Å²) in [5.41, 5.74) is 1.43. The Morgan fingerprint density at radius 2 is 2.25 bits per heavy atom. The second kappa shape index (κ2) is 4.26. The maximum absolute atomic E-state index is 11.6. The van der Waals surface area contributed by atoms with E-state index in [1.54, 1.807) is 20.2 Å². The number of benzene rings is 1. The lowest BCUT2D eigenvalue weighted by molar-refractivity contribution is 0.0529. The minimum absolute atomic E-state index is 0.318. The van der Waals surface area contributed by atoms with Gasteiger partial charge < -0.3 is 14.5 Å². The highest BCUT2D eigenvalue weighted by molar-refractivity contribution is 6.04. The van der Waals surface area contributed by atoms with Crippen LogP contribution >= 0.6 is 0 Å². The van der Waals surface area contributed by atoms with Crippen molar-refractivity contribution in [1.82, 2.24) is 4.98 Å². The molecule has 4 heteroatoms. The number of H-pyrrole nitrogens is 1. The molecule has 0 bridgehead atoms. The van der Waals surface area contributed by atoms with Crippen molar-refractivity contribution < 1.29 is 14.3 Å². The fourth-order valence-corrected chi connectivity index (χ4v) is 1.60. The maximum atomic E-state index is 11.6. The standard InChI is InChI=1S/C12H13NO3/c1-3-16-12(14)10-7-13-11-5-4-8(15-2)6-9(10)11/h4-7,13H,3H2,1-2H3. The van der Waals surface area contributed by atoms with E-state index in [4.69, 9.17) is 9.47 Å². The summed E-state index contributed by atoms with van der Waals surface area (Å²) >= 11 is 0. The molecule has 0 spiro atoms. The van der Waals surface area contributed by atoms with Gasteiger partial charge in [-0.25, -0.2) is 4.79 Å². The van der Waals surface area contributed by atoms with E-state index in [1.165, 1.54) is 0 Å². The van der Waals surface area contributed by atoms with Gasteiger partial charge in [-0.3, -0.25) is 0 Å². The molecule has 4 nitrogen and oxygen atoms in total. The molecule has 0 atom stereocenters. The molecule has 0 unspecified atom stereocenters. The van der Waals surface area contributed by atoms with Gasteiger partial charge in [-0.1, -0.05) is 0 Å². The van der Waals surface area contributed by atoms with Crippen molar-refractivity contribution in [3.63, 3.8) is 0 Å². The highest BCUT2D eigenvalue weighted by Crippen LogP contribution is 2.23. The summed E-state index contributed by atoms with van der Waals surface area (Å²) in [5.74, 6) is 0.402. The Kier molecular flexibility index (Phi) is 2.81. The highest BCUT2D eigenvalue weighted by Gasteiger charge is 2.13. The zero-order chi connectivity index (χ0) is 11.5. The average Bonchev–Trinajstić information content (AvgIpc) is 2.71. The van der Waals surface area contributed by atoms with Gasteiger partial charge in [-0.2, -0.15) is 0 Å². The molecule has 0 fully saturated rings. The van der Waals surface area contributed by atoms with E-state index in [0.717, 1.165) is 16.7 Å². The van der Waals surface area contributed by atoms with Crippen LogP contribution in [0.1, 0.15) is 17.3 Å². The Morgan fingerprint density at radius 3 is 2.94 bits per heavy atom. The SMILES string of the molecule is CCOC(=O)c1c[nH]c2ccc(OC)cc12. The van der Waals surface area contributed by atoms with Crippen LogP contribution in [0.3, 0.4) is 0 Å². The van der Waals surface area contributed by atoms with E-state index in [-0.39, 0.29) is 5.97 Å². The highest BCUT2D eigenvalue weighted by atomic mass is 16.5. The number of esters is 1. The first-order chi connectivity index (χ1) is 7.76. The van der Waals surface area contributed by atoms with Crippen molar-refractivity contribution in [3.05, 3.63) is 30.0 Å². The van der Waals surface area contributed by atoms with Crippen LogP contribution in [-0.2, 0) is 4.74 Å². The molecule has 16 heavy (non-hydrogen) atoms. The number of aromatic amines is 1. The third-order valence-electron chi connectivity index (χ3n) is 2.38. The van der Waals surface area contributed by atoms with Gasteiger partial charge >= 0.3 is 5.97 Å². The van der Waals surface area contributed by atoms with Gasteiger partial charge in [-0.05, 0) is 25.1 Å². The molecule has 0 radical (unpaired) electrons. The molecule has 84 valence electrons. The van der Waals surface area contributed by atoms with Crippen LogP contribution in [-0.4, -0.2) is 24.7 Å². The first kappa shape index (κ1) is 10.5. The van der Waals surface area contributed by atoms with E-state index in [9.17, 15) is 4.79 Å². The third kappa shape index (κ3) is 1.74. The Bertz CT molecular complexity index is 516. The molecule has 1 aromatic carbocycles. The van der Waals surface area contributed by atoms with Crippen LogP contribution < -0.4 is 4.74 Å². The fraction of sp³-hybridized carbons (Fsp3) is 0.250. The second-order valence-electron chi connectivity index (χ2n) is 3.33. The van der Waals surface area contributed by atoms with Crippen LogP contribution in [0.2, 0.25) is 0 Å².